The number of aromatic hydroxyl groups is 1. The standard InChI is InChI=1S/C17H24BrN5O3S/c1-11-8-14-12(9-13(11)18)15(20-21-17(19)27)16(24)23(14)10-22(4-6-25-2)5-7-26-3/h8-9,24H,4-7,10H2,1-3H3,(H2,19,27). The molecule has 0 amide bonds. The van der Waals surface area contributed by atoms with Crippen molar-refractivity contribution in [2.75, 3.05) is 40.5 Å². The third-order valence-corrected chi connectivity index (χ3v) is 5.04. The summed E-state index contributed by atoms with van der Waals surface area (Å²) in [7, 11) is 3.32. The van der Waals surface area contributed by atoms with Gasteiger partial charge in [0.05, 0.1) is 25.4 Å². The number of aromatic nitrogens is 1. The van der Waals surface area contributed by atoms with Gasteiger partial charge in [0.2, 0.25) is 11.0 Å². The molecule has 0 radical (unpaired) electrons. The molecule has 0 saturated heterocycles. The van der Waals surface area contributed by atoms with E-state index < -0.39 is 0 Å². The lowest BCUT2D eigenvalue weighted by molar-refractivity contribution is 0.0951. The number of methoxy groups -OCH3 is 2. The fourth-order valence-electron chi connectivity index (χ4n) is 2.68. The number of nitrogens with two attached hydrogens (primary N) is 1. The third kappa shape index (κ3) is 5.45. The van der Waals surface area contributed by atoms with Crippen LogP contribution in [-0.4, -0.2) is 60.2 Å². The Bertz CT molecular complexity index is 832. The Morgan fingerprint density at radius 3 is 2.48 bits per heavy atom. The predicted octanol–water partition coefficient (Wildman–Crippen LogP) is 3.30. The summed E-state index contributed by atoms with van der Waals surface area (Å²) < 4.78 is 13.1. The number of fused-ring (bicyclic) bond motifs is 1. The van der Waals surface area contributed by atoms with Gasteiger partial charge in [0.25, 0.3) is 0 Å². The first-order chi connectivity index (χ1) is 12.9. The minimum atomic E-state index is -0.0942. The molecule has 3 N–H and O–H groups in total. The van der Waals surface area contributed by atoms with Crippen molar-refractivity contribution in [1.82, 2.24) is 9.47 Å². The van der Waals surface area contributed by atoms with Crippen molar-refractivity contribution < 1.29 is 14.6 Å². The normalized spacial score (nSPS) is 11.9. The molecule has 0 aliphatic heterocycles. The lowest BCUT2D eigenvalue weighted by Gasteiger charge is -2.23. The van der Waals surface area contributed by atoms with E-state index in [1.807, 2.05) is 19.1 Å². The molecule has 2 rings (SSSR count). The number of benzene rings is 1. The largest absolute Gasteiger partial charge is 0.493 e. The van der Waals surface area contributed by atoms with Crippen molar-refractivity contribution in [1.29, 1.82) is 0 Å². The molecule has 0 spiro atoms. The summed E-state index contributed by atoms with van der Waals surface area (Å²) in [4.78, 5) is 2.12. The van der Waals surface area contributed by atoms with Crippen molar-refractivity contribution in [3.8, 4) is 5.88 Å². The zero-order valence-corrected chi connectivity index (χ0v) is 18.0. The first-order valence-corrected chi connectivity index (χ1v) is 9.51. The van der Waals surface area contributed by atoms with E-state index in [1.165, 1.54) is 0 Å². The Morgan fingerprint density at radius 1 is 1.30 bits per heavy atom. The summed E-state index contributed by atoms with van der Waals surface area (Å²) in [5.41, 5.74) is 7.63. The van der Waals surface area contributed by atoms with Gasteiger partial charge < -0.3 is 20.3 Å². The average Bonchev–Trinajstić information content (AvgIpc) is 2.86. The minimum Gasteiger partial charge on any atom is -0.493 e. The van der Waals surface area contributed by atoms with Gasteiger partial charge in [0.15, 0.2) is 5.69 Å². The van der Waals surface area contributed by atoms with E-state index in [0.29, 0.717) is 38.7 Å². The van der Waals surface area contributed by atoms with Gasteiger partial charge in [-0.05, 0) is 36.8 Å². The van der Waals surface area contributed by atoms with E-state index in [0.717, 1.165) is 20.9 Å². The van der Waals surface area contributed by atoms with E-state index in [-0.39, 0.29) is 11.0 Å². The van der Waals surface area contributed by atoms with Crippen molar-refractivity contribution in [3.63, 3.8) is 0 Å². The van der Waals surface area contributed by atoms with Gasteiger partial charge in [-0.3, -0.25) is 9.47 Å². The molecule has 0 fully saturated rings. The van der Waals surface area contributed by atoms with E-state index in [4.69, 9.17) is 27.4 Å². The van der Waals surface area contributed by atoms with Gasteiger partial charge in [0.1, 0.15) is 0 Å². The summed E-state index contributed by atoms with van der Waals surface area (Å²) in [5.74, 6) is 0.00216. The molecule has 0 unspecified atom stereocenters. The lowest BCUT2D eigenvalue weighted by atomic mass is 10.2. The molecule has 148 valence electrons. The van der Waals surface area contributed by atoms with Crippen molar-refractivity contribution in [2.24, 2.45) is 16.0 Å². The number of rotatable bonds is 9. The van der Waals surface area contributed by atoms with Crippen LogP contribution in [0, 0.1) is 6.92 Å². The Labute approximate surface area is 172 Å². The molecule has 27 heavy (non-hydrogen) atoms. The van der Waals surface area contributed by atoms with Crippen LogP contribution < -0.4 is 5.73 Å². The molecule has 1 aromatic carbocycles. The molecule has 1 heterocycles. The second kappa shape index (κ2) is 10.1. The summed E-state index contributed by atoms with van der Waals surface area (Å²) in [6.07, 6.45) is 0. The highest BCUT2D eigenvalue weighted by molar-refractivity contribution is 9.10. The fourth-order valence-corrected chi connectivity index (χ4v) is 3.06. The quantitative estimate of drug-likeness (QED) is 0.442. The molecule has 2 aromatic rings. The summed E-state index contributed by atoms with van der Waals surface area (Å²) in [6.45, 7) is 4.96. The molecule has 0 saturated carbocycles. The molecule has 0 bridgehead atoms. The maximum Gasteiger partial charge on any atom is 0.221 e. The summed E-state index contributed by atoms with van der Waals surface area (Å²) in [6, 6.07) is 3.90. The smallest absolute Gasteiger partial charge is 0.221 e. The van der Waals surface area contributed by atoms with Crippen LogP contribution in [0.15, 0.2) is 26.8 Å². The minimum absolute atomic E-state index is 0.00216. The number of nitrogens with zero attached hydrogens (tertiary/aromatic N) is 4. The highest BCUT2D eigenvalue weighted by atomic mass is 79.9. The van der Waals surface area contributed by atoms with Crippen LogP contribution in [0.2, 0.25) is 0 Å². The number of hydrogen-bond acceptors (Lipinski definition) is 6. The number of azo groups is 1. The second-order valence-corrected chi connectivity index (χ2v) is 7.27. The number of ether oxygens (including phenoxy) is 2. The molecule has 1 aromatic heterocycles. The van der Waals surface area contributed by atoms with Gasteiger partial charge >= 0.3 is 0 Å². The molecule has 0 aliphatic rings. The first-order valence-electron chi connectivity index (χ1n) is 8.31. The number of hydrogen-bond donors (Lipinski definition) is 2. The maximum absolute atomic E-state index is 10.8. The van der Waals surface area contributed by atoms with Crippen LogP contribution in [0.1, 0.15) is 5.56 Å². The van der Waals surface area contributed by atoms with Gasteiger partial charge in [-0.25, -0.2) is 0 Å². The average molecular weight is 458 g/mol. The monoisotopic (exact) mass is 457 g/mol. The van der Waals surface area contributed by atoms with E-state index in [1.54, 1.807) is 18.8 Å². The Balaban J connectivity index is 2.51. The number of aryl methyl sites for hydroxylation is 1. The number of halogens is 1. The van der Waals surface area contributed by atoms with Crippen LogP contribution in [0.3, 0.4) is 0 Å². The SMILES string of the molecule is COCCN(CCOC)Cn1c(O)c(N=NC(N)=S)c2cc(Br)c(C)cc21. The molecule has 10 heteroatoms. The van der Waals surface area contributed by atoms with Gasteiger partial charge in [-0.2, -0.15) is 0 Å². The zero-order valence-electron chi connectivity index (χ0n) is 15.6. The molecule has 0 aliphatic carbocycles. The van der Waals surface area contributed by atoms with Gasteiger partial charge in [0, 0.05) is 37.2 Å². The Hall–Kier alpha value is -1.59. The molecular formula is C17H24BrN5O3S. The van der Waals surface area contributed by atoms with E-state index >= 15 is 0 Å². The van der Waals surface area contributed by atoms with Crippen LogP contribution in [0.5, 0.6) is 5.88 Å². The third-order valence-electron chi connectivity index (χ3n) is 4.10. The van der Waals surface area contributed by atoms with E-state index in [2.05, 4.69) is 31.1 Å². The number of thiocarbonyl (C=S) groups is 1. The Morgan fingerprint density at radius 2 is 1.93 bits per heavy atom. The van der Waals surface area contributed by atoms with Crippen LogP contribution >= 0.6 is 28.1 Å². The highest BCUT2D eigenvalue weighted by Crippen LogP contribution is 2.41. The summed E-state index contributed by atoms with van der Waals surface area (Å²) in [5, 5.41) is 19.3. The van der Waals surface area contributed by atoms with Gasteiger partial charge in [-0.1, -0.05) is 15.9 Å². The van der Waals surface area contributed by atoms with Gasteiger partial charge in [-0.15, -0.1) is 10.2 Å². The van der Waals surface area contributed by atoms with Crippen molar-refractivity contribution in [3.05, 3.63) is 22.2 Å². The molecular weight excluding hydrogens is 434 g/mol. The lowest BCUT2D eigenvalue weighted by Crippen LogP contribution is -2.32. The van der Waals surface area contributed by atoms with Crippen LogP contribution in [0.4, 0.5) is 5.69 Å². The highest BCUT2D eigenvalue weighted by Gasteiger charge is 2.20. The van der Waals surface area contributed by atoms with Crippen molar-refractivity contribution >= 4 is 49.9 Å². The second-order valence-electron chi connectivity index (χ2n) is 6.00. The topological polar surface area (TPSA) is 97.6 Å². The Kier molecular flexibility index (Phi) is 8.11. The van der Waals surface area contributed by atoms with E-state index in [9.17, 15) is 5.11 Å². The van der Waals surface area contributed by atoms with Crippen LogP contribution in [-0.2, 0) is 16.1 Å². The molecule has 8 nitrogen and oxygen atoms in total. The predicted molar refractivity (Wildman–Crippen MR) is 113 cm³/mol. The molecule has 0 atom stereocenters. The fraction of sp³-hybridized carbons (Fsp3) is 0.471. The maximum atomic E-state index is 10.8. The van der Waals surface area contributed by atoms with Crippen LogP contribution in [0.25, 0.3) is 10.9 Å². The first kappa shape index (κ1) is 21.7. The zero-order chi connectivity index (χ0) is 20.0. The van der Waals surface area contributed by atoms with Crippen molar-refractivity contribution in [2.45, 2.75) is 13.6 Å². The summed E-state index contributed by atoms with van der Waals surface area (Å²) >= 11 is 8.29.